The van der Waals surface area contributed by atoms with Gasteiger partial charge in [-0.2, -0.15) is 0 Å². The smallest absolute Gasteiger partial charge is 0.182 e. The Hall–Kier alpha value is -4.90. The summed E-state index contributed by atoms with van der Waals surface area (Å²) in [4.78, 5) is 22.8. The standard InChI is InChI=1S/C32H23N5/c1-3-9-21(10-4-1)30-35-31(22-11-5-2-6-12-22)37-32(36-30)29-20-24(17-18-33-29)23-15-16-28-26(19-23)25-13-7-8-14-27(25)34-28/h1-11,13-20,22,34H,12H2. The number of aromatic nitrogens is 5. The fourth-order valence-corrected chi connectivity index (χ4v) is 4.92. The second-order valence-corrected chi connectivity index (χ2v) is 9.22. The zero-order valence-electron chi connectivity index (χ0n) is 20.0. The van der Waals surface area contributed by atoms with Crippen molar-refractivity contribution in [1.29, 1.82) is 0 Å². The van der Waals surface area contributed by atoms with Gasteiger partial charge in [-0.25, -0.2) is 15.0 Å². The van der Waals surface area contributed by atoms with E-state index in [9.17, 15) is 0 Å². The molecule has 0 saturated carbocycles. The van der Waals surface area contributed by atoms with Crippen molar-refractivity contribution in [2.24, 2.45) is 0 Å². The third-order valence-electron chi connectivity index (χ3n) is 6.83. The number of pyridine rings is 1. The maximum atomic E-state index is 4.90. The van der Waals surface area contributed by atoms with Crippen molar-refractivity contribution in [3.63, 3.8) is 0 Å². The molecule has 37 heavy (non-hydrogen) atoms. The number of benzene rings is 3. The van der Waals surface area contributed by atoms with Crippen LogP contribution in [0.3, 0.4) is 0 Å². The third kappa shape index (κ3) is 4.00. The highest BCUT2D eigenvalue weighted by Crippen LogP contribution is 2.32. The van der Waals surface area contributed by atoms with E-state index in [1.54, 1.807) is 0 Å². The number of nitrogens with zero attached hydrogens (tertiary/aromatic N) is 4. The molecule has 7 rings (SSSR count). The van der Waals surface area contributed by atoms with Gasteiger partial charge in [-0.3, -0.25) is 4.98 Å². The van der Waals surface area contributed by atoms with Crippen molar-refractivity contribution in [2.75, 3.05) is 0 Å². The fourth-order valence-electron chi connectivity index (χ4n) is 4.92. The SMILES string of the molecule is C1=CCC(c2nc(-c3ccccc3)nc(-c3cc(-c4ccc5[nH]c6ccccc6c5c4)ccn3)n2)C=C1. The molecular weight excluding hydrogens is 454 g/mol. The summed E-state index contributed by atoms with van der Waals surface area (Å²) < 4.78 is 0. The Bertz CT molecular complexity index is 1810. The molecule has 0 saturated heterocycles. The highest BCUT2D eigenvalue weighted by atomic mass is 15.0. The summed E-state index contributed by atoms with van der Waals surface area (Å²) in [5.41, 5.74) is 6.15. The first-order chi connectivity index (χ1) is 18.3. The van der Waals surface area contributed by atoms with Crippen molar-refractivity contribution in [3.8, 4) is 34.0 Å². The van der Waals surface area contributed by atoms with Crippen LogP contribution in [0.4, 0.5) is 0 Å². The monoisotopic (exact) mass is 477 g/mol. The van der Waals surface area contributed by atoms with Crippen LogP contribution in [0.15, 0.2) is 115 Å². The van der Waals surface area contributed by atoms with Gasteiger partial charge in [-0.1, -0.05) is 78.9 Å². The van der Waals surface area contributed by atoms with E-state index in [2.05, 4.69) is 82.8 Å². The van der Waals surface area contributed by atoms with Gasteiger partial charge in [0.25, 0.3) is 0 Å². The zero-order valence-corrected chi connectivity index (χ0v) is 20.0. The van der Waals surface area contributed by atoms with Gasteiger partial charge in [0.05, 0.1) is 0 Å². The second-order valence-electron chi connectivity index (χ2n) is 9.22. The van der Waals surface area contributed by atoms with E-state index in [1.165, 1.54) is 10.8 Å². The minimum atomic E-state index is 0.113. The molecule has 3 aromatic carbocycles. The summed E-state index contributed by atoms with van der Waals surface area (Å²) in [6, 6.07) is 29.1. The van der Waals surface area contributed by atoms with Crippen LogP contribution >= 0.6 is 0 Å². The number of aromatic amines is 1. The Morgan fingerprint density at radius 3 is 2.35 bits per heavy atom. The Morgan fingerprint density at radius 2 is 1.46 bits per heavy atom. The van der Waals surface area contributed by atoms with Gasteiger partial charge in [0.15, 0.2) is 11.6 Å². The Labute approximate surface area is 214 Å². The Balaban J connectivity index is 1.34. The molecule has 0 fully saturated rings. The first-order valence-corrected chi connectivity index (χ1v) is 12.4. The molecule has 6 aromatic rings. The van der Waals surface area contributed by atoms with Gasteiger partial charge in [0.1, 0.15) is 11.5 Å². The lowest BCUT2D eigenvalue weighted by molar-refractivity contribution is 0.763. The van der Waals surface area contributed by atoms with Gasteiger partial charge in [0.2, 0.25) is 0 Å². The first-order valence-electron chi connectivity index (χ1n) is 12.4. The molecule has 0 bridgehead atoms. The van der Waals surface area contributed by atoms with Crippen molar-refractivity contribution in [2.45, 2.75) is 12.3 Å². The van der Waals surface area contributed by atoms with Crippen molar-refractivity contribution < 1.29 is 0 Å². The molecule has 1 unspecified atom stereocenters. The largest absolute Gasteiger partial charge is 0.355 e. The lowest BCUT2D eigenvalue weighted by Crippen LogP contribution is -2.08. The predicted molar refractivity (Wildman–Crippen MR) is 149 cm³/mol. The van der Waals surface area contributed by atoms with E-state index in [0.717, 1.165) is 45.7 Å². The number of H-pyrrole nitrogens is 1. The van der Waals surface area contributed by atoms with E-state index in [-0.39, 0.29) is 5.92 Å². The molecule has 1 N–H and O–H groups in total. The summed E-state index contributed by atoms with van der Waals surface area (Å²) in [6.45, 7) is 0. The quantitative estimate of drug-likeness (QED) is 0.285. The number of hydrogen-bond acceptors (Lipinski definition) is 4. The van der Waals surface area contributed by atoms with Crippen LogP contribution in [-0.4, -0.2) is 24.9 Å². The highest BCUT2D eigenvalue weighted by molar-refractivity contribution is 6.08. The molecule has 1 aliphatic rings. The summed E-state index contributed by atoms with van der Waals surface area (Å²) in [6.07, 6.45) is 11.1. The second kappa shape index (κ2) is 8.95. The van der Waals surface area contributed by atoms with Crippen LogP contribution in [0.1, 0.15) is 18.2 Å². The number of fused-ring (bicyclic) bond motifs is 3. The average molecular weight is 478 g/mol. The minimum Gasteiger partial charge on any atom is -0.355 e. The van der Waals surface area contributed by atoms with Crippen LogP contribution < -0.4 is 0 Å². The Kier molecular flexibility index (Phi) is 5.18. The molecule has 3 aromatic heterocycles. The van der Waals surface area contributed by atoms with Crippen LogP contribution in [-0.2, 0) is 0 Å². The summed E-state index contributed by atoms with van der Waals surface area (Å²) in [7, 11) is 0. The molecule has 1 atom stereocenters. The third-order valence-corrected chi connectivity index (χ3v) is 6.83. The van der Waals surface area contributed by atoms with E-state index in [0.29, 0.717) is 11.6 Å². The summed E-state index contributed by atoms with van der Waals surface area (Å²) >= 11 is 0. The van der Waals surface area contributed by atoms with E-state index in [4.69, 9.17) is 15.0 Å². The molecule has 0 aliphatic heterocycles. The van der Waals surface area contributed by atoms with Crippen LogP contribution in [0.25, 0.3) is 55.8 Å². The topological polar surface area (TPSA) is 67.3 Å². The number of nitrogens with one attached hydrogen (secondary N) is 1. The molecule has 0 spiro atoms. The van der Waals surface area contributed by atoms with Crippen LogP contribution in [0.2, 0.25) is 0 Å². The molecule has 5 heteroatoms. The molecule has 5 nitrogen and oxygen atoms in total. The molecule has 176 valence electrons. The van der Waals surface area contributed by atoms with Gasteiger partial charge < -0.3 is 4.98 Å². The molecule has 0 amide bonds. The van der Waals surface area contributed by atoms with Gasteiger partial charge in [-0.05, 0) is 47.9 Å². The van der Waals surface area contributed by atoms with Gasteiger partial charge in [0, 0.05) is 39.5 Å². The molecular formula is C32H23N5. The van der Waals surface area contributed by atoms with Crippen molar-refractivity contribution >= 4 is 21.8 Å². The summed E-state index contributed by atoms with van der Waals surface area (Å²) in [5, 5.41) is 2.43. The number of hydrogen-bond donors (Lipinski definition) is 1. The van der Waals surface area contributed by atoms with Crippen LogP contribution in [0.5, 0.6) is 0 Å². The summed E-state index contributed by atoms with van der Waals surface area (Å²) in [5.74, 6) is 2.12. The predicted octanol–water partition coefficient (Wildman–Crippen LogP) is 7.50. The number of para-hydroxylation sites is 1. The first kappa shape index (κ1) is 21.4. The maximum absolute atomic E-state index is 4.90. The molecule has 3 heterocycles. The lowest BCUT2D eigenvalue weighted by Gasteiger charge is -2.14. The minimum absolute atomic E-state index is 0.113. The van der Waals surface area contributed by atoms with Crippen LogP contribution in [0, 0.1) is 0 Å². The van der Waals surface area contributed by atoms with E-state index in [1.807, 2.05) is 42.6 Å². The van der Waals surface area contributed by atoms with E-state index >= 15 is 0 Å². The molecule has 0 radical (unpaired) electrons. The Morgan fingerprint density at radius 1 is 0.649 bits per heavy atom. The van der Waals surface area contributed by atoms with Crippen molar-refractivity contribution in [1.82, 2.24) is 24.9 Å². The zero-order chi connectivity index (χ0) is 24.6. The normalized spacial score (nSPS) is 15.0. The molecule has 1 aliphatic carbocycles. The number of allylic oxidation sites excluding steroid dienone is 4. The lowest BCUT2D eigenvalue weighted by atomic mass is 10.00. The maximum Gasteiger partial charge on any atom is 0.182 e. The fraction of sp³-hybridized carbons (Fsp3) is 0.0625. The van der Waals surface area contributed by atoms with Gasteiger partial charge >= 0.3 is 0 Å². The van der Waals surface area contributed by atoms with Crippen molar-refractivity contribution in [3.05, 3.63) is 121 Å². The highest BCUT2D eigenvalue weighted by Gasteiger charge is 2.18. The van der Waals surface area contributed by atoms with E-state index < -0.39 is 0 Å². The average Bonchev–Trinajstić information content (AvgIpc) is 3.36. The number of rotatable bonds is 4. The van der Waals surface area contributed by atoms with Gasteiger partial charge in [-0.15, -0.1) is 0 Å².